The fraction of sp³-hybridized carbons (Fsp3) is 0.395. The Labute approximate surface area is 329 Å². The minimum absolute atomic E-state index is 0.107. The SMILES string of the molecule is COc1cc(-c2cccc(-c3cccc4c3cnn4Cc3cc(OC)c(CN(C)C4CCCCC4)cc3S(C)(=O)=O)c2Cl)ccc1CNCC1CCC(=O)N1. The van der Waals surface area contributed by atoms with Crippen LogP contribution in [0.15, 0.2) is 77.8 Å². The molecule has 0 radical (unpaired) electrons. The molecule has 1 atom stereocenters. The lowest BCUT2D eigenvalue weighted by molar-refractivity contribution is -0.119. The summed E-state index contributed by atoms with van der Waals surface area (Å²) in [5.41, 5.74) is 6.93. The van der Waals surface area contributed by atoms with Crippen molar-refractivity contribution in [1.29, 1.82) is 0 Å². The van der Waals surface area contributed by atoms with Gasteiger partial charge in [0.05, 0.1) is 42.4 Å². The van der Waals surface area contributed by atoms with Crippen LogP contribution in [0.4, 0.5) is 0 Å². The lowest BCUT2D eigenvalue weighted by Crippen LogP contribution is -2.35. The van der Waals surface area contributed by atoms with Gasteiger partial charge in [-0.25, -0.2) is 8.42 Å². The second kappa shape index (κ2) is 16.8. The summed E-state index contributed by atoms with van der Waals surface area (Å²) in [6.45, 7) is 2.16. The maximum atomic E-state index is 13.3. The number of rotatable bonds is 14. The van der Waals surface area contributed by atoms with Gasteiger partial charge in [0.15, 0.2) is 9.84 Å². The highest BCUT2D eigenvalue weighted by Gasteiger charge is 2.24. The number of fused-ring (bicyclic) bond motifs is 1. The molecule has 290 valence electrons. The number of sulfone groups is 1. The summed E-state index contributed by atoms with van der Waals surface area (Å²) >= 11 is 7.22. The molecule has 2 aliphatic rings. The van der Waals surface area contributed by atoms with Crippen LogP contribution in [0, 0.1) is 0 Å². The van der Waals surface area contributed by atoms with Gasteiger partial charge in [0.2, 0.25) is 5.91 Å². The zero-order chi connectivity index (χ0) is 38.7. The highest BCUT2D eigenvalue weighted by Crippen LogP contribution is 2.41. The van der Waals surface area contributed by atoms with E-state index >= 15 is 0 Å². The van der Waals surface area contributed by atoms with Crippen molar-refractivity contribution in [2.45, 2.75) is 81.6 Å². The first-order valence-corrected chi connectivity index (χ1v) is 21.3. The molecule has 1 amide bonds. The summed E-state index contributed by atoms with van der Waals surface area (Å²) in [7, 11) is 1.86. The fourth-order valence-electron chi connectivity index (χ4n) is 8.20. The van der Waals surface area contributed by atoms with E-state index < -0.39 is 9.84 Å². The topological polar surface area (TPSA) is 115 Å². The first-order chi connectivity index (χ1) is 26.5. The molecule has 7 rings (SSSR count). The second-order valence-electron chi connectivity index (χ2n) is 14.9. The lowest BCUT2D eigenvalue weighted by Gasteiger charge is -2.31. The van der Waals surface area contributed by atoms with E-state index in [0.717, 1.165) is 69.3 Å². The number of nitrogens with one attached hydrogen (secondary N) is 2. The van der Waals surface area contributed by atoms with Crippen molar-refractivity contribution in [3.05, 3.63) is 94.6 Å². The first kappa shape index (κ1) is 38.8. The molecule has 5 aromatic rings. The number of carbonyl (C=O) groups is 1. The van der Waals surface area contributed by atoms with Crippen molar-refractivity contribution >= 4 is 38.2 Å². The number of hydrogen-bond acceptors (Lipinski definition) is 8. The molecule has 2 heterocycles. The van der Waals surface area contributed by atoms with E-state index in [0.29, 0.717) is 48.4 Å². The molecule has 1 saturated carbocycles. The minimum atomic E-state index is -3.56. The largest absolute Gasteiger partial charge is 0.496 e. The number of methoxy groups -OCH3 is 2. The number of amides is 1. The summed E-state index contributed by atoms with van der Waals surface area (Å²) in [4.78, 5) is 14.2. The lowest BCUT2D eigenvalue weighted by atomic mass is 9.94. The van der Waals surface area contributed by atoms with Crippen molar-refractivity contribution in [1.82, 2.24) is 25.3 Å². The van der Waals surface area contributed by atoms with Crippen molar-refractivity contribution < 1.29 is 22.7 Å². The predicted molar refractivity (Wildman–Crippen MR) is 219 cm³/mol. The Kier molecular flexibility index (Phi) is 11.8. The Balaban J connectivity index is 1.16. The highest BCUT2D eigenvalue weighted by molar-refractivity contribution is 7.90. The summed E-state index contributed by atoms with van der Waals surface area (Å²) in [5.74, 6) is 1.53. The molecular formula is C43H50ClN5O5S. The van der Waals surface area contributed by atoms with E-state index in [1.54, 1.807) is 20.3 Å². The Hall–Kier alpha value is -4.42. The molecule has 4 aromatic carbocycles. The Morgan fingerprint density at radius 1 is 0.909 bits per heavy atom. The quantitative estimate of drug-likeness (QED) is 0.118. The standard InChI is InChI=1S/C43H50ClN5O5S/c1-48(33-10-6-5-7-11-33)26-30-22-41(55(4,51)52)31(21-40(30)54-3)27-49-38-15-9-13-35(37(38)25-46-49)36-14-8-12-34(43(36)44)28-16-17-29(39(20-28)53-2)23-45-24-32-18-19-42(50)47-32/h8-9,12-17,20-22,25,32-33,45H,5-7,10-11,18-19,23-24,26-27H2,1-4H3,(H,47,50). The van der Waals surface area contributed by atoms with E-state index in [1.807, 2.05) is 71.5 Å². The van der Waals surface area contributed by atoms with Crippen molar-refractivity contribution in [3.8, 4) is 33.8 Å². The average Bonchev–Trinajstić information content (AvgIpc) is 3.80. The average molecular weight is 784 g/mol. The molecule has 2 fully saturated rings. The molecule has 1 aliphatic heterocycles. The third-order valence-corrected chi connectivity index (χ3v) is 12.8. The maximum Gasteiger partial charge on any atom is 0.220 e. The van der Waals surface area contributed by atoms with Crippen LogP contribution < -0.4 is 20.1 Å². The van der Waals surface area contributed by atoms with Gasteiger partial charge in [0.25, 0.3) is 0 Å². The Bertz CT molecular complexity index is 2300. The monoisotopic (exact) mass is 783 g/mol. The first-order valence-electron chi connectivity index (χ1n) is 19.0. The van der Waals surface area contributed by atoms with Gasteiger partial charge in [-0.3, -0.25) is 14.4 Å². The van der Waals surface area contributed by atoms with Crippen LogP contribution in [-0.4, -0.2) is 75.2 Å². The van der Waals surface area contributed by atoms with Gasteiger partial charge < -0.3 is 20.1 Å². The Morgan fingerprint density at radius 3 is 2.36 bits per heavy atom. The molecule has 1 aliphatic carbocycles. The molecule has 1 aromatic heterocycles. The molecule has 10 nitrogen and oxygen atoms in total. The fourth-order valence-corrected chi connectivity index (χ4v) is 9.50. The minimum Gasteiger partial charge on any atom is -0.496 e. The van der Waals surface area contributed by atoms with Crippen molar-refractivity contribution in [3.63, 3.8) is 0 Å². The third-order valence-electron chi connectivity index (χ3n) is 11.2. The number of carbonyl (C=O) groups excluding carboxylic acids is 1. The summed E-state index contributed by atoms with van der Waals surface area (Å²) in [5, 5.41) is 12.7. The van der Waals surface area contributed by atoms with E-state index in [9.17, 15) is 13.2 Å². The smallest absolute Gasteiger partial charge is 0.220 e. The van der Waals surface area contributed by atoms with Gasteiger partial charge >= 0.3 is 0 Å². The summed E-state index contributed by atoms with van der Waals surface area (Å²) in [6.07, 6.45) is 10.5. The molecular weight excluding hydrogens is 734 g/mol. The van der Waals surface area contributed by atoms with Crippen LogP contribution in [0.25, 0.3) is 33.2 Å². The van der Waals surface area contributed by atoms with Gasteiger partial charge in [-0.2, -0.15) is 5.10 Å². The summed E-state index contributed by atoms with van der Waals surface area (Å²) in [6, 6.07) is 22.4. The third kappa shape index (κ3) is 8.55. The molecule has 0 bridgehead atoms. The maximum absolute atomic E-state index is 13.3. The van der Waals surface area contributed by atoms with Crippen molar-refractivity contribution in [2.75, 3.05) is 34.1 Å². The van der Waals surface area contributed by atoms with Gasteiger partial charge in [-0.05, 0) is 67.3 Å². The van der Waals surface area contributed by atoms with Gasteiger partial charge in [0.1, 0.15) is 11.5 Å². The second-order valence-corrected chi connectivity index (χ2v) is 17.3. The molecule has 2 N–H and O–H groups in total. The normalized spacial score (nSPS) is 16.5. The van der Waals surface area contributed by atoms with E-state index in [2.05, 4.69) is 22.6 Å². The molecule has 1 saturated heterocycles. The molecule has 55 heavy (non-hydrogen) atoms. The molecule has 0 spiro atoms. The summed E-state index contributed by atoms with van der Waals surface area (Å²) < 4.78 is 40.0. The van der Waals surface area contributed by atoms with Crippen LogP contribution in [0.3, 0.4) is 0 Å². The number of halogens is 1. The van der Waals surface area contributed by atoms with E-state index in [-0.39, 0.29) is 23.4 Å². The number of aromatic nitrogens is 2. The predicted octanol–water partition coefficient (Wildman–Crippen LogP) is 7.63. The molecule has 12 heteroatoms. The van der Waals surface area contributed by atoms with E-state index in [4.69, 9.17) is 26.2 Å². The Morgan fingerprint density at radius 2 is 1.64 bits per heavy atom. The van der Waals surface area contributed by atoms with Crippen LogP contribution in [0.5, 0.6) is 11.5 Å². The van der Waals surface area contributed by atoms with Crippen LogP contribution in [0.1, 0.15) is 61.6 Å². The number of nitrogens with zero attached hydrogens (tertiary/aromatic N) is 3. The van der Waals surface area contributed by atoms with E-state index in [1.165, 1.54) is 25.5 Å². The van der Waals surface area contributed by atoms with Gasteiger partial charge in [-0.1, -0.05) is 73.3 Å². The highest BCUT2D eigenvalue weighted by atomic mass is 35.5. The van der Waals surface area contributed by atoms with Crippen molar-refractivity contribution in [2.24, 2.45) is 0 Å². The van der Waals surface area contributed by atoms with Gasteiger partial charge in [-0.15, -0.1) is 0 Å². The van der Waals surface area contributed by atoms with Gasteiger partial charge in [0, 0.05) is 72.0 Å². The van der Waals surface area contributed by atoms with Crippen LogP contribution in [0.2, 0.25) is 5.02 Å². The van der Waals surface area contributed by atoms with Crippen LogP contribution in [-0.2, 0) is 34.3 Å². The number of benzene rings is 4. The van der Waals surface area contributed by atoms with Crippen LogP contribution >= 0.6 is 11.6 Å². The zero-order valence-electron chi connectivity index (χ0n) is 32.0. The molecule has 1 unspecified atom stereocenters. The number of ether oxygens (including phenoxy) is 2. The number of hydrogen-bond donors (Lipinski definition) is 2. The zero-order valence-corrected chi connectivity index (χ0v) is 33.6.